The summed E-state index contributed by atoms with van der Waals surface area (Å²) < 4.78 is 0. The lowest BCUT2D eigenvalue weighted by Crippen LogP contribution is -2.17. The van der Waals surface area contributed by atoms with Gasteiger partial charge in [-0.2, -0.15) is 0 Å². The van der Waals surface area contributed by atoms with Crippen LogP contribution < -0.4 is 4.90 Å². The standard InChI is InChI=1S/C43H33N/c1-43(2)41-28-35(44(33-18-10-5-11-19-33)34-24-22-31(23-25-34)30-14-6-3-7-15-30)26-27-37(41)40-29-39(32-16-8-4-9-17-32)36-20-12-13-21-38(36)42(40)43/h3-29H,1-2H3. The summed E-state index contributed by atoms with van der Waals surface area (Å²) in [4.78, 5) is 2.38. The monoisotopic (exact) mass is 563 g/mol. The molecule has 210 valence electrons. The fraction of sp³-hybridized carbons (Fsp3) is 0.0698. The van der Waals surface area contributed by atoms with E-state index in [9.17, 15) is 0 Å². The van der Waals surface area contributed by atoms with Crippen molar-refractivity contribution in [3.05, 3.63) is 175 Å². The third-order valence-corrected chi connectivity index (χ3v) is 9.23. The van der Waals surface area contributed by atoms with E-state index in [-0.39, 0.29) is 5.41 Å². The van der Waals surface area contributed by atoms with Crippen LogP contribution in [0.3, 0.4) is 0 Å². The molecule has 0 amide bonds. The Bertz CT molecular complexity index is 2110. The Labute approximate surface area is 259 Å². The van der Waals surface area contributed by atoms with Crippen molar-refractivity contribution in [3.8, 4) is 33.4 Å². The second-order valence-corrected chi connectivity index (χ2v) is 12.2. The van der Waals surface area contributed by atoms with Crippen molar-refractivity contribution in [2.75, 3.05) is 4.90 Å². The summed E-state index contributed by atoms with van der Waals surface area (Å²) >= 11 is 0. The average Bonchev–Trinajstić information content (AvgIpc) is 3.32. The highest BCUT2D eigenvalue weighted by atomic mass is 15.1. The summed E-state index contributed by atoms with van der Waals surface area (Å²) in [6.07, 6.45) is 0. The molecule has 7 aromatic rings. The summed E-state index contributed by atoms with van der Waals surface area (Å²) in [6.45, 7) is 4.77. The highest BCUT2D eigenvalue weighted by molar-refractivity contribution is 6.06. The van der Waals surface area contributed by atoms with Crippen molar-refractivity contribution in [1.82, 2.24) is 0 Å². The van der Waals surface area contributed by atoms with Gasteiger partial charge in [0.05, 0.1) is 0 Å². The van der Waals surface area contributed by atoms with E-state index in [1.54, 1.807) is 0 Å². The van der Waals surface area contributed by atoms with Gasteiger partial charge in [-0.25, -0.2) is 0 Å². The van der Waals surface area contributed by atoms with E-state index in [2.05, 4.69) is 183 Å². The van der Waals surface area contributed by atoms with Gasteiger partial charge in [0.2, 0.25) is 0 Å². The zero-order valence-electron chi connectivity index (χ0n) is 25.0. The number of anilines is 3. The zero-order valence-corrected chi connectivity index (χ0v) is 25.0. The fourth-order valence-electron chi connectivity index (χ4n) is 7.13. The Morgan fingerprint density at radius 2 is 0.909 bits per heavy atom. The van der Waals surface area contributed by atoms with Crippen LogP contribution in [-0.4, -0.2) is 0 Å². The molecule has 44 heavy (non-hydrogen) atoms. The van der Waals surface area contributed by atoms with Gasteiger partial charge in [-0.05, 0) is 97.7 Å². The van der Waals surface area contributed by atoms with Gasteiger partial charge in [-0.3, -0.25) is 0 Å². The van der Waals surface area contributed by atoms with Crippen LogP contribution in [0.4, 0.5) is 17.1 Å². The summed E-state index contributed by atoms with van der Waals surface area (Å²) in [7, 11) is 0. The molecule has 1 aliphatic carbocycles. The molecule has 0 aliphatic heterocycles. The van der Waals surface area contributed by atoms with E-state index in [0.29, 0.717) is 0 Å². The van der Waals surface area contributed by atoms with Crippen LogP contribution in [0.1, 0.15) is 25.0 Å². The number of para-hydroxylation sites is 1. The largest absolute Gasteiger partial charge is 0.310 e. The van der Waals surface area contributed by atoms with Crippen LogP contribution in [0.5, 0.6) is 0 Å². The van der Waals surface area contributed by atoms with Crippen LogP contribution in [0.2, 0.25) is 0 Å². The van der Waals surface area contributed by atoms with Gasteiger partial charge in [0.15, 0.2) is 0 Å². The average molecular weight is 564 g/mol. The minimum atomic E-state index is -0.158. The fourth-order valence-corrected chi connectivity index (χ4v) is 7.13. The SMILES string of the molecule is CC1(C)c2cc(N(c3ccccc3)c3ccc(-c4ccccc4)cc3)ccc2-c2cc(-c3ccccc3)c3ccccc3c21. The van der Waals surface area contributed by atoms with Crippen molar-refractivity contribution >= 4 is 27.8 Å². The second kappa shape index (κ2) is 10.4. The molecular formula is C43H33N. The van der Waals surface area contributed by atoms with Gasteiger partial charge < -0.3 is 4.90 Å². The molecule has 0 saturated carbocycles. The highest BCUT2D eigenvalue weighted by Crippen LogP contribution is 2.54. The predicted octanol–water partition coefficient (Wildman–Crippen LogP) is 11.9. The maximum absolute atomic E-state index is 2.43. The second-order valence-electron chi connectivity index (χ2n) is 12.2. The van der Waals surface area contributed by atoms with Crippen molar-refractivity contribution in [3.63, 3.8) is 0 Å². The Kier molecular flexibility index (Phi) is 6.20. The number of hydrogen-bond acceptors (Lipinski definition) is 1. The number of nitrogens with zero attached hydrogens (tertiary/aromatic N) is 1. The minimum Gasteiger partial charge on any atom is -0.310 e. The highest BCUT2D eigenvalue weighted by Gasteiger charge is 2.38. The molecule has 0 heterocycles. The van der Waals surface area contributed by atoms with E-state index in [0.717, 1.165) is 17.1 Å². The molecule has 8 rings (SSSR count). The molecule has 1 heteroatoms. The first-order valence-corrected chi connectivity index (χ1v) is 15.4. The normalized spacial score (nSPS) is 13.0. The lowest BCUT2D eigenvalue weighted by atomic mass is 9.79. The molecule has 0 N–H and O–H groups in total. The van der Waals surface area contributed by atoms with Gasteiger partial charge in [0.1, 0.15) is 0 Å². The molecule has 0 unspecified atom stereocenters. The van der Waals surface area contributed by atoms with E-state index >= 15 is 0 Å². The first kappa shape index (κ1) is 26.2. The topological polar surface area (TPSA) is 3.24 Å². The lowest BCUT2D eigenvalue weighted by molar-refractivity contribution is 0.666. The first-order chi connectivity index (χ1) is 21.6. The smallest absolute Gasteiger partial charge is 0.0465 e. The van der Waals surface area contributed by atoms with Crippen LogP contribution in [0.25, 0.3) is 44.2 Å². The Morgan fingerprint density at radius 3 is 1.59 bits per heavy atom. The third kappa shape index (κ3) is 4.24. The summed E-state index contributed by atoms with van der Waals surface area (Å²) in [5.74, 6) is 0. The minimum absolute atomic E-state index is 0.158. The maximum atomic E-state index is 2.43. The van der Waals surface area contributed by atoms with E-state index in [1.165, 1.54) is 55.3 Å². The number of rotatable bonds is 5. The quantitative estimate of drug-likeness (QED) is 0.201. The van der Waals surface area contributed by atoms with Gasteiger partial charge in [-0.1, -0.05) is 135 Å². The van der Waals surface area contributed by atoms with Gasteiger partial charge in [-0.15, -0.1) is 0 Å². The van der Waals surface area contributed by atoms with Crippen LogP contribution >= 0.6 is 0 Å². The van der Waals surface area contributed by atoms with Gasteiger partial charge in [0, 0.05) is 22.5 Å². The first-order valence-electron chi connectivity index (χ1n) is 15.4. The molecular weight excluding hydrogens is 530 g/mol. The third-order valence-electron chi connectivity index (χ3n) is 9.23. The van der Waals surface area contributed by atoms with Crippen molar-refractivity contribution in [2.24, 2.45) is 0 Å². The van der Waals surface area contributed by atoms with Crippen LogP contribution in [-0.2, 0) is 5.41 Å². The molecule has 0 aromatic heterocycles. The van der Waals surface area contributed by atoms with Crippen molar-refractivity contribution < 1.29 is 0 Å². The molecule has 1 aliphatic rings. The summed E-state index contributed by atoms with van der Waals surface area (Å²) in [5, 5.41) is 2.64. The summed E-state index contributed by atoms with van der Waals surface area (Å²) in [6, 6.07) is 59.4. The van der Waals surface area contributed by atoms with Gasteiger partial charge in [0.25, 0.3) is 0 Å². The molecule has 7 aromatic carbocycles. The van der Waals surface area contributed by atoms with Gasteiger partial charge >= 0.3 is 0 Å². The Morgan fingerprint density at radius 1 is 0.386 bits per heavy atom. The molecule has 0 bridgehead atoms. The van der Waals surface area contributed by atoms with Crippen LogP contribution in [0, 0.1) is 0 Å². The predicted molar refractivity (Wildman–Crippen MR) is 187 cm³/mol. The van der Waals surface area contributed by atoms with E-state index in [4.69, 9.17) is 0 Å². The van der Waals surface area contributed by atoms with Crippen LogP contribution in [0.15, 0.2) is 164 Å². The Hall–Kier alpha value is -5.40. The van der Waals surface area contributed by atoms with E-state index < -0.39 is 0 Å². The van der Waals surface area contributed by atoms with E-state index in [1.807, 2.05) is 0 Å². The molecule has 0 saturated heterocycles. The maximum Gasteiger partial charge on any atom is 0.0465 e. The Balaban J connectivity index is 1.29. The molecule has 0 atom stereocenters. The molecule has 0 fully saturated rings. The van der Waals surface area contributed by atoms with Crippen molar-refractivity contribution in [1.29, 1.82) is 0 Å². The summed E-state index contributed by atoms with van der Waals surface area (Å²) in [5.41, 5.74) is 13.7. The molecule has 1 nitrogen and oxygen atoms in total. The lowest BCUT2D eigenvalue weighted by Gasteiger charge is -2.28. The number of benzene rings is 7. The van der Waals surface area contributed by atoms with Crippen molar-refractivity contribution in [2.45, 2.75) is 19.3 Å². The molecule has 0 spiro atoms. The number of fused-ring (bicyclic) bond motifs is 5. The zero-order chi connectivity index (χ0) is 29.7. The number of hydrogen-bond donors (Lipinski definition) is 0. The molecule has 0 radical (unpaired) electrons.